The summed E-state index contributed by atoms with van der Waals surface area (Å²) < 4.78 is 24.0. The number of hydrogen-bond acceptors (Lipinski definition) is 10. The summed E-state index contributed by atoms with van der Waals surface area (Å²) in [7, 11) is 0. The topological polar surface area (TPSA) is 193 Å². The van der Waals surface area contributed by atoms with Gasteiger partial charge in [0.05, 0.1) is 49.1 Å². The molecule has 75 heavy (non-hydrogen) atoms. The third kappa shape index (κ3) is 10.3. The molecule has 6 heterocycles. The molecule has 4 N–H and O–H groups in total. The second-order valence-electron chi connectivity index (χ2n) is 21.5. The molecule has 11 rings (SSSR count). The number of carbonyl (C=O) groups is 4. The van der Waals surface area contributed by atoms with Crippen LogP contribution in [0.15, 0.2) is 91.3 Å². The van der Waals surface area contributed by atoms with Gasteiger partial charge in [-0.25, -0.2) is 19.6 Å². The van der Waals surface area contributed by atoms with Crippen LogP contribution in [0.3, 0.4) is 0 Å². The van der Waals surface area contributed by atoms with Crippen LogP contribution < -0.4 is 20.1 Å². The molecule has 4 amide bonds. The summed E-state index contributed by atoms with van der Waals surface area (Å²) in [6.07, 6.45) is 10.2. The second kappa shape index (κ2) is 21.3. The summed E-state index contributed by atoms with van der Waals surface area (Å²) in [4.78, 5) is 75.4. The second-order valence-corrected chi connectivity index (χ2v) is 21.5. The van der Waals surface area contributed by atoms with Crippen LogP contribution in [0.4, 0.5) is 9.59 Å². The zero-order chi connectivity index (χ0) is 51.7. The monoisotopic (exact) mass is 1010 g/mol. The number of aromatic nitrogens is 4. The Kier molecular flexibility index (Phi) is 14.1. The third-order valence-corrected chi connectivity index (χ3v) is 15.2. The van der Waals surface area contributed by atoms with Crippen LogP contribution in [0.5, 0.6) is 11.5 Å². The molecule has 4 aliphatic heterocycles. The quantitative estimate of drug-likeness (QED) is 0.0769. The zero-order valence-corrected chi connectivity index (χ0v) is 43.2. The van der Waals surface area contributed by atoms with E-state index in [4.69, 9.17) is 28.9 Å². The molecule has 2 aromatic heterocycles. The molecular weight excluding hydrogens is 949 g/mol. The number of hydrogen-bond donors (Lipinski definition) is 4. The molecule has 0 radical (unpaired) electrons. The lowest BCUT2D eigenvalue weighted by Crippen LogP contribution is -2.43. The minimum absolute atomic E-state index is 0.154. The Morgan fingerprint density at radius 1 is 0.613 bits per heavy atom. The maximum atomic E-state index is 14.6. The Morgan fingerprint density at radius 3 is 1.55 bits per heavy atom. The zero-order valence-electron chi connectivity index (χ0n) is 43.2. The highest BCUT2D eigenvalue weighted by Gasteiger charge is 2.40. The van der Waals surface area contributed by atoms with E-state index in [0.29, 0.717) is 49.4 Å². The van der Waals surface area contributed by atoms with Crippen LogP contribution in [0, 0.1) is 11.8 Å². The summed E-state index contributed by atoms with van der Waals surface area (Å²) in [6, 6.07) is 23.3. The van der Waals surface area contributed by atoms with E-state index in [1.54, 1.807) is 11.1 Å². The maximum absolute atomic E-state index is 14.6. The highest BCUT2D eigenvalue weighted by Crippen LogP contribution is 2.51. The Morgan fingerprint density at radius 2 is 1.08 bits per heavy atom. The highest BCUT2D eigenvalue weighted by molar-refractivity contribution is 5.90. The van der Waals surface area contributed by atoms with Crippen molar-refractivity contribution in [2.75, 3.05) is 26.3 Å². The number of benzene rings is 4. The average molecular weight is 1020 g/mol. The van der Waals surface area contributed by atoms with E-state index in [1.165, 1.54) is 31.2 Å². The van der Waals surface area contributed by atoms with Crippen LogP contribution in [-0.4, -0.2) is 80.0 Å². The molecule has 390 valence electrons. The fourth-order valence-electron chi connectivity index (χ4n) is 11.5. The highest BCUT2D eigenvalue weighted by atomic mass is 16.6. The molecule has 0 bridgehead atoms. The maximum Gasteiger partial charge on any atom is 0.408 e. The molecule has 1 aliphatic carbocycles. The predicted octanol–water partition coefficient (Wildman–Crippen LogP) is 11.2. The van der Waals surface area contributed by atoms with E-state index in [9.17, 15) is 19.2 Å². The van der Waals surface area contributed by atoms with Crippen molar-refractivity contribution in [3.63, 3.8) is 0 Å². The van der Waals surface area contributed by atoms with Crippen molar-refractivity contribution in [1.82, 2.24) is 40.4 Å². The number of likely N-dealkylation sites (tertiary alicyclic amines) is 2. The molecule has 3 fully saturated rings. The van der Waals surface area contributed by atoms with E-state index >= 15 is 0 Å². The average Bonchev–Trinajstić information content (AvgIpc) is 4.30. The molecular formula is C59H66N8O8. The standard InChI is InChI=1S/C59H66N8O8/c1-34(2)30-74-58(70)64-52(38-14-6-5-7-15-38)56(68)66-22-10-16-46(66)54-60-28-44(62-54)40-24-42-32-73-49-27-41(25-43-33-72-48(26-40)50(42)51(43)49)45-29-61-55(63-45)47-17-11-23-67(47)57(69)53(65-59(71)75-31-35(3)4)39-20-18-37(19-21-39)36-12-8-9-13-36/h5-7,14-15,18-21,24-29,34-36,46-47,52-53H,8-13,16-17,22-23,30-33H2,1-4H3,(H,60,62)(H,61,63)(H,64,70)(H,65,71)/t46-,47-,52+,53+/m0/s1. The van der Waals surface area contributed by atoms with Crippen molar-refractivity contribution in [3.05, 3.63) is 131 Å². The van der Waals surface area contributed by atoms with Gasteiger partial charge < -0.3 is 49.3 Å². The first-order chi connectivity index (χ1) is 36.4. The summed E-state index contributed by atoms with van der Waals surface area (Å²) >= 11 is 0. The van der Waals surface area contributed by atoms with Crippen molar-refractivity contribution >= 4 is 24.0 Å². The number of rotatable bonds is 15. The Hall–Kier alpha value is -7.62. The van der Waals surface area contributed by atoms with Gasteiger partial charge in [-0.3, -0.25) is 9.59 Å². The van der Waals surface area contributed by atoms with E-state index in [1.807, 2.05) is 93.4 Å². The lowest BCUT2D eigenvalue weighted by Gasteiger charge is -2.30. The van der Waals surface area contributed by atoms with E-state index < -0.39 is 24.3 Å². The number of imidazole rings is 2. The first-order valence-electron chi connectivity index (χ1n) is 26.8. The smallest absolute Gasteiger partial charge is 0.408 e. The molecule has 5 aliphatic rings. The van der Waals surface area contributed by atoms with Crippen LogP contribution in [-0.2, 0) is 32.3 Å². The molecule has 4 atom stereocenters. The summed E-state index contributed by atoms with van der Waals surface area (Å²) in [5, 5.41) is 5.75. The van der Waals surface area contributed by atoms with Crippen LogP contribution in [0.2, 0.25) is 0 Å². The largest absolute Gasteiger partial charge is 0.488 e. The first-order valence-corrected chi connectivity index (χ1v) is 26.8. The Labute approximate surface area is 437 Å². The van der Waals surface area contributed by atoms with Gasteiger partial charge in [0, 0.05) is 46.5 Å². The Balaban J connectivity index is 0.801. The summed E-state index contributed by atoms with van der Waals surface area (Å²) in [5.74, 6) is 3.28. The minimum atomic E-state index is -0.917. The van der Waals surface area contributed by atoms with Crippen molar-refractivity contribution in [2.24, 2.45) is 11.8 Å². The van der Waals surface area contributed by atoms with Crippen LogP contribution >= 0.6 is 0 Å². The number of nitrogens with zero attached hydrogens (tertiary/aromatic N) is 4. The van der Waals surface area contributed by atoms with E-state index in [0.717, 1.165) is 87.5 Å². The number of H-pyrrole nitrogens is 2. The lowest BCUT2D eigenvalue weighted by molar-refractivity contribution is -0.135. The number of ether oxygens (including phenoxy) is 4. The van der Waals surface area contributed by atoms with E-state index in [2.05, 4.69) is 44.9 Å². The van der Waals surface area contributed by atoms with E-state index in [-0.39, 0.29) is 48.9 Å². The lowest BCUT2D eigenvalue weighted by atomic mass is 9.87. The molecule has 16 heteroatoms. The van der Waals surface area contributed by atoms with Gasteiger partial charge >= 0.3 is 12.2 Å². The minimum Gasteiger partial charge on any atom is -0.488 e. The summed E-state index contributed by atoms with van der Waals surface area (Å²) in [5.41, 5.74) is 10.0. The predicted molar refractivity (Wildman–Crippen MR) is 281 cm³/mol. The number of nitrogens with one attached hydrogen (secondary N) is 4. The van der Waals surface area contributed by atoms with Crippen molar-refractivity contribution in [3.8, 4) is 45.1 Å². The Bertz CT molecular complexity index is 3020. The van der Waals surface area contributed by atoms with Gasteiger partial charge in [0.1, 0.15) is 48.4 Å². The number of amides is 4. The SMILES string of the molecule is CC(C)COC(=O)N[C@@H](C(=O)N1CCC[C@H]1c1ncc(-c2cc3c4c(c2)OCc2cc(-c5cnc([C@@H]6CCCN6C(=O)[C@H](NC(=O)OCC(C)C)c6ccc(C7CCCC7)cc6)[nH]5)cc(c2-4)OC3)[nH]1)c1ccccc1. The van der Waals surface area contributed by atoms with Gasteiger partial charge in [-0.05, 0) is 97.2 Å². The fraction of sp³-hybridized carbons (Fsp3) is 0.424. The van der Waals surface area contributed by atoms with Crippen LogP contribution in [0.25, 0.3) is 33.6 Å². The molecule has 0 unspecified atom stereocenters. The van der Waals surface area contributed by atoms with Gasteiger partial charge in [-0.2, -0.15) is 0 Å². The number of carbonyl (C=O) groups excluding carboxylic acids is 4. The van der Waals surface area contributed by atoms with Crippen molar-refractivity contribution in [2.45, 2.75) is 122 Å². The molecule has 0 spiro atoms. The van der Waals surface area contributed by atoms with Gasteiger partial charge in [0.2, 0.25) is 0 Å². The van der Waals surface area contributed by atoms with Crippen molar-refractivity contribution < 1.29 is 38.1 Å². The van der Waals surface area contributed by atoms with Gasteiger partial charge in [-0.15, -0.1) is 0 Å². The molecule has 6 aromatic rings. The number of alkyl carbamates (subject to hydrolysis) is 2. The van der Waals surface area contributed by atoms with Crippen molar-refractivity contribution in [1.29, 1.82) is 0 Å². The molecule has 2 saturated heterocycles. The third-order valence-electron chi connectivity index (χ3n) is 15.2. The van der Waals surface area contributed by atoms with Gasteiger partial charge in [0.25, 0.3) is 11.8 Å². The molecule has 16 nitrogen and oxygen atoms in total. The normalized spacial score (nSPS) is 18.6. The molecule has 4 aromatic carbocycles. The van der Waals surface area contributed by atoms with Crippen LogP contribution in [0.1, 0.15) is 149 Å². The fourth-order valence-corrected chi connectivity index (χ4v) is 11.5. The van der Waals surface area contributed by atoms with Gasteiger partial charge in [-0.1, -0.05) is 95.1 Å². The number of aromatic amines is 2. The molecule has 1 saturated carbocycles. The summed E-state index contributed by atoms with van der Waals surface area (Å²) in [6.45, 7) is 10.1. The van der Waals surface area contributed by atoms with Gasteiger partial charge in [0.15, 0.2) is 0 Å². The first kappa shape index (κ1) is 49.6.